The van der Waals surface area contributed by atoms with Crippen LogP contribution in [-0.2, 0) is 17.6 Å². The number of piperidine rings is 1. The minimum atomic E-state index is -0.0594. The van der Waals surface area contributed by atoms with Crippen LogP contribution < -0.4 is 0 Å². The zero-order valence-electron chi connectivity index (χ0n) is 15.8. The standard InChI is InChI=1S/C23H22N4O/c24-15-19-20(28)14-17-3-2-16(13-21-25-8-1-9-26-21)12-18(17)22(19)27-10-6-23(4-5-23)7-11-27/h1-3,8-9,12H,4-7,10-11,13-14H2. The van der Waals surface area contributed by atoms with Crippen molar-refractivity contribution in [3.63, 3.8) is 0 Å². The van der Waals surface area contributed by atoms with E-state index in [9.17, 15) is 10.1 Å². The number of aromatic nitrogens is 2. The molecular weight excluding hydrogens is 348 g/mol. The molecule has 2 aliphatic carbocycles. The normalized spacial score (nSPS) is 20.1. The molecule has 1 saturated carbocycles. The Morgan fingerprint density at radius 3 is 2.54 bits per heavy atom. The summed E-state index contributed by atoms with van der Waals surface area (Å²) in [5, 5.41) is 9.73. The van der Waals surface area contributed by atoms with Crippen LogP contribution in [0.5, 0.6) is 0 Å². The lowest BCUT2D eigenvalue weighted by molar-refractivity contribution is -0.114. The second-order valence-corrected chi connectivity index (χ2v) is 8.26. The molecule has 0 amide bonds. The predicted molar refractivity (Wildman–Crippen MR) is 105 cm³/mol. The Morgan fingerprint density at radius 2 is 1.86 bits per heavy atom. The van der Waals surface area contributed by atoms with Crippen LogP contribution in [0.1, 0.15) is 48.2 Å². The molecule has 0 atom stereocenters. The van der Waals surface area contributed by atoms with Crippen molar-refractivity contribution in [2.75, 3.05) is 13.1 Å². The van der Waals surface area contributed by atoms with E-state index in [1.54, 1.807) is 12.4 Å². The summed E-state index contributed by atoms with van der Waals surface area (Å²) in [6.07, 6.45) is 9.44. The van der Waals surface area contributed by atoms with Crippen molar-refractivity contribution in [2.45, 2.75) is 38.5 Å². The van der Waals surface area contributed by atoms with Gasteiger partial charge in [0.05, 0.1) is 5.70 Å². The lowest BCUT2D eigenvalue weighted by Crippen LogP contribution is -2.36. The molecule has 5 nitrogen and oxygen atoms in total. The second-order valence-electron chi connectivity index (χ2n) is 8.26. The molecule has 2 aromatic rings. The Balaban J connectivity index is 1.52. The number of likely N-dealkylation sites (tertiary alicyclic amines) is 1. The Kier molecular flexibility index (Phi) is 4.01. The zero-order valence-corrected chi connectivity index (χ0v) is 15.8. The summed E-state index contributed by atoms with van der Waals surface area (Å²) in [6.45, 7) is 1.86. The number of fused-ring (bicyclic) bond motifs is 1. The van der Waals surface area contributed by atoms with Crippen LogP contribution in [0.4, 0.5) is 0 Å². The van der Waals surface area contributed by atoms with Gasteiger partial charge in [-0.2, -0.15) is 5.26 Å². The van der Waals surface area contributed by atoms with Crippen molar-refractivity contribution in [2.24, 2.45) is 5.41 Å². The average Bonchev–Trinajstić information content (AvgIpc) is 3.48. The SMILES string of the molecule is N#CC1=C(N2CCC3(CC2)CC3)c2cc(Cc3ncccn3)ccc2CC1=O. The lowest BCUT2D eigenvalue weighted by atomic mass is 9.85. The van der Waals surface area contributed by atoms with Crippen LogP contribution in [0.15, 0.2) is 42.2 Å². The molecule has 0 N–H and O–H groups in total. The highest BCUT2D eigenvalue weighted by atomic mass is 16.1. The van der Waals surface area contributed by atoms with Gasteiger partial charge in [0.15, 0.2) is 5.78 Å². The number of ketones is 1. The summed E-state index contributed by atoms with van der Waals surface area (Å²) >= 11 is 0. The number of carbonyl (C=O) groups is 1. The summed E-state index contributed by atoms with van der Waals surface area (Å²) in [5.41, 5.74) is 4.88. The molecule has 5 rings (SSSR count). The van der Waals surface area contributed by atoms with E-state index >= 15 is 0 Å². The number of nitriles is 1. The fraction of sp³-hybridized carbons (Fsp3) is 0.391. The maximum Gasteiger partial charge on any atom is 0.179 e. The maximum atomic E-state index is 12.6. The Labute approximate surface area is 164 Å². The van der Waals surface area contributed by atoms with E-state index in [0.717, 1.165) is 54.1 Å². The fourth-order valence-electron chi connectivity index (χ4n) is 4.57. The van der Waals surface area contributed by atoms with Crippen LogP contribution in [0.25, 0.3) is 5.70 Å². The molecular formula is C23H22N4O. The molecule has 0 bridgehead atoms. The fourth-order valence-corrected chi connectivity index (χ4v) is 4.57. The van der Waals surface area contributed by atoms with E-state index in [1.165, 1.54) is 12.8 Å². The first-order valence-corrected chi connectivity index (χ1v) is 9.98. The highest BCUT2D eigenvalue weighted by Crippen LogP contribution is 2.54. The molecule has 5 heteroatoms. The molecule has 0 unspecified atom stereocenters. The molecule has 1 aliphatic heterocycles. The molecule has 1 aromatic heterocycles. The van der Waals surface area contributed by atoms with Crippen LogP contribution in [-0.4, -0.2) is 33.7 Å². The number of carbonyl (C=O) groups excluding carboxylic acids is 1. The van der Waals surface area contributed by atoms with Crippen molar-refractivity contribution in [3.8, 4) is 6.07 Å². The Morgan fingerprint density at radius 1 is 1.11 bits per heavy atom. The van der Waals surface area contributed by atoms with E-state index in [4.69, 9.17) is 0 Å². The van der Waals surface area contributed by atoms with Crippen LogP contribution >= 0.6 is 0 Å². The molecule has 3 aliphatic rings. The number of Topliss-reactive ketones (excluding diaryl/α,β-unsaturated/α-hetero) is 1. The molecule has 2 heterocycles. The average molecular weight is 370 g/mol. The summed E-state index contributed by atoms with van der Waals surface area (Å²) in [6, 6.07) is 10.2. The van der Waals surface area contributed by atoms with Gasteiger partial charge in [-0.15, -0.1) is 0 Å². The van der Waals surface area contributed by atoms with Gasteiger partial charge in [-0.05, 0) is 54.4 Å². The van der Waals surface area contributed by atoms with E-state index in [2.05, 4.69) is 27.0 Å². The highest BCUT2D eigenvalue weighted by molar-refractivity contribution is 6.09. The third-order valence-electron chi connectivity index (χ3n) is 6.49. The third-order valence-corrected chi connectivity index (χ3v) is 6.49. The third kappa shape index (κ3) is 2.99. The number of benzene rings is 1. The minimum absolute atomic E-state index is 0.0594. The summed E-state index contributed by atoms with van der Waals surface area (Å²) in [7, 11) is 0. The Hall–Kier alpha value is -3.00. The van der Waals surface area contributed by atoms with E-state index in [1.807, 2.05) is 18.2 Å². The van der Waals surface area contributed by atoms with Crippen molar-refractivity contribution >= 4 is 11.5 Å². The van der Waals surface area contributed by atoms with Crippen molar-refractivity contribution in [1.82, 2.24) is 14.9 Å². The van der Waals surface area contributed by atoms with Gasteiger partial charge in [0, 0.05) is 43.9 Å². The van der Waals surface area contributed by atoms with E-state index in [-0.39, 0.29) is 5.78 Å². The summed E-state index contributed by atoms with van der Waals surface area (Å²) < 4.78 is 0. The molecule has 28 heavy (non-hydrogen) atoms. The lowest BCUT2D eigenvalue weighted by Gasteiger charge is -2.37. The smallest absolute Gasteiger partial charge is 0.179 e. The summed E-state index contributed by atoms with van der Waals surface area (Å²) in [5.74, 6) is 0.713. The van der Waals surface area contributed by atoms with Crippen LogP contribution in [0.2, 0.25) is 0 Å². The van der Waals surface area contributed by atoms with Gasteiger partial charge >= 0.3 is 0 Å². The Bertz CT molecular complexity index is 1000. The topological polar surface area (TPSA) is 69.9 Å². The number of hydrogen-bond acceptors (Lipinski definition) is 5. The first kappa shape index (κ1) is 17.1. The van der Waals surface area contributed by atoms with Crippen molar-refractivity contribution in [3.05, 3.63) is 64.7 Å². The molecule has 1 aromatic carbocycles. The van der Waals surface area contributed by atoms with Gasteiger partial charge in [-0.1, -0.05) is 12.1 Å². The van der Waals surface area contributed by atoms with E-state index in [0.29, 0.717) is 23.8 Å². The molecule has 2 fully saturated rings. The van der Waals surface area contributed by atoms with Gasteiger partial charge in [0.25, 0.3) is 0 Å². The molecule has 1 spiro atoms. The summed E-state index contributed by atoms with van der Waals surface area (Å²) in [4.78, 5) is 23.6. The van der Waals surface area contributed by atoms with Gasteiger partial charge in [-0.25, -0.2) is 9.97 Å². The molecule has 0 radical (unpaired) electrons. The number of rotatable bonds is 3. The number of nitrogens with zero attached hydrogens (tertiary/aromatic N) is 4. The van der Waals surface area contributed by atoms with Crippen LogP contribution in [0, 0.1) is 16.7 Å². The first-order chi connectivity index (χ1) is 13.7. The quantitative estimate of drug-likeness (QED) is 0.829. The first-order valence-electron chi connectivity index (χ1n) is 9.98. The number of allylic oxidation sites excluding steroid dienone is 1. The largest absolute Gasteiger partial charge is 0.370 e. The molecule has 1 saturated heterocycles. The molecule has 140 valence electrons. The zero-order chi connectivity index (χ0) is 19.1. The van der Waals surface area contributed by atoms with E-state index < -0.39 is 0 Å². The maximum absolute atomic E-state index is 12.6. The minimum Gasteiger partial charge on any atom is -0.370 e. The van der Waals surface area contributed by atoms with Crippen molar-refractivity contribution in [1.29, 1.82) is 5.26 Å². The van der Waals surface area contributed by atoms with Gasteiger partial charge in [0.2, 0.25) is 0 Å². The van der Waals surface area contributed by atoms with Gasteiger partial charge in [-0.3, -0.25) is 4.79 Å². The van der Waals surface area contributed by atoms with Gasteiger partial charge < -0.3 is 4.90 Å². The second kappa shape index (κ2) is 6.56. The van der Waals surface area contributed by atoms with Crippen LogP contribution in [0.3, 0.4) is 0 Å². The van der Waals surface area contributed by atoms with Gasteiger partial charge in [0.1, 0.15) is 17.5 Å². The number of hydrogen-bond donors (Lipinski definition) is 0. The monoisotopic (exact) mass is 370 g/mol. The predicted octanol–water partition coefficient (Wildman–Crippen LogP) is 3.30. The van der Waals surface area contributed by atoms with Crippen molar-refractivity contribution < 1.29 is 4.79 Å². The highest BCUT2D eigenvalue weighted by Gasteiger charge is 2.45.